The molecule has 1 heterocycles. The van der Waals surface area contributed by atoms with Gasteiger partial charge in [-0.2, -0.15) is 0 Å². The molecule has 3 nitrogen and oxygen atoms in total. The van der Waals surface area contributed by atoms with E-state index < -0.39 is 0 Å². The van der Waals surface area contributed by atoms with Crippen LogP contribution in [0.3, 0.4) is 0 Å². The van der Waals surface area contributed by atoms with E-state index in [1.807, 2.05) is 0 Å². The van der Waals surface area contributed by atoms with Crippen LogP contribution >= 0.6 is 0 Å². The monoisotopic (exact) mass is 200 g/mol. The molecule has 1 saturated heterocycles. The van der Waals surface area contributed by atoms with Crippen molar-refractivity contribution in [1.29, 1.82) is 0 Å². The molecule has 0 aliphatic carbocycles. The maximum absolute atomic E-state index is 5.76. The molecule has 0 radical (unpaired) electrons. The average Bonchev–Trinajstić information content (AvgIpc) is 2.65. The van der Waals surface area contributed by atoms with Gasteiger partial charge in [0.05, 0.1) is 6.61 Å². The molecule has 0 spiro atoms. The summed E-state index contributed by atoms with van der Waals surface area (Å²) < 4.78 is 5.38. The predicted octanol–water partition coefficient (Wildman–Crippen LogP) is 0.938. The minimum atomic E-state index is 0.612. The molecule has 1 aliphatic rings. The van der Waals surface area contributed by atoms with Crippen LogP contribution in [-0.2, 0) is 4.74 Å². The lowest BCUT2D eigenvalue weighted by Crippen LogP contribution is -2.39. The Morgan fingerprint density at radius 3 is 2.64 bits per heavy atom. The average molecular weight is 200 g/mol. The summed E-state index contributed by atoms with van der Waals surface area (Å²) in [7, 11) is 2.18. The van der Waals surface area contributed by atoms with Crippen LogP contribution in [0.25, 0.3) is 0 Å². The van der Waals surface area contributed by atoms with Crippen LogP contribution in [0.1, 0.15) is 20.3 Å². The van der Waals surface area contributed by atoms with E-state index in [9.17, 15) is 0 Å². The Kier molecular flexibility index (Phi) is 4.85. The second-order valence-electron chi connectivity index (χ2n) is 4.70. The molecule has 2 atom stereocenters. The molecule has 0 aromatic carbocycles. The van der Waals surface area contributed by atoms with Crippen LogP contribution in [0.2, 0.25) is 0 Å². The number of ether oxygens (including phenoxy) is 1. The van der Waals surface area contributed by atoms with Crippen LogP contribution in [0, 0.1) is 11.8 Å². The number of hydrogen-bond acceptors (Lipinski definition) is 3. The number of likely N-dealkylation sites (N-methyl/N-ethyl adjacent to an activating group) is 1. The van der Waals surface area contributed by atoms with Crippen LogP contribution in [-0.4, -0.2) is 44.3 Å². The fourth-order valence-electron chi connectivity index (χ4n) is 1.95. The molecular formula is C11H24N2O. The van der Waals surface area contributed by atoms with Gasteiger partial charge in [0, 0.05) is 19.2 Å². The van der Waals surface area contributed by atoms with Gasteiger partial charge in [-0.3, -0.25) is 0 Å². The van der Waals surface area contributed by atoms with E-state index in [2.05, 4.69) is 25.8 Å². The second-order valence-corrected chi connectivity index (χ2v) is 4.70. The van der Waals surface area contributed by atoms with Crippen molar-refractivity contribution in [3.8, 4) is 0 Å². The molecule has 1 rings (SSSR count). The van der Waals surface area contributed by atoms with Gasteiger partial charge < -0.3 is 15.4 Å². The predicted molar refractivity (Wildman–Crippen MR) is 59.2 cm³/mol. The highest BCUT2D eigenvalue weighted by Gasteiger charge is 2.23. The molecular weight excluding hydrogens is 176 g/mol. The second kappa shape index (κ2) is 5.69. The molecule has 14 heavy (non-hydrogen) atoms. The highest BCUT2D eigenvalue weighted by molar-refractivity contribution is 4.76. The van der Waals surface area contributed by atoms with Crippen molar-refractivity contribution in [1.82, 2.24) is 4.90 Å². The summed E-state index contributed by atoms with van der Waals surface area (Å²) >= 11 is 0. The quantitative estimate of drug-likeness (QED) is 0.718. The summed E-state index contributed by atoms with van der Waals surface area (Å²) in [4.78, 5) is 2.41. The van der Waals surface area contributed by atoms with Crippen molar-refractivity contribution in [2.45, 2.75) is 26.3 Å². The first kappa shape index (κ1) is 12.0. The molecule has 0 amide bonds. The molecule has 0 aromatic heterocycles. The van der Waals surface area contributed by atoms with Gasteiger partial charge in [0.15, 0.2) is 0 Å². The molecule has 1 aliphatic heterocycles. The lowest BCUT2D eigenvalue weighted by molar-refractivity contribution is 0.142. The van der Waals surface area contributed by atoms with Gasteiger partial charge in [-0.25, -0.2) is 0 Å². The van der Waals surface area contributed by atoms with Gasteiger partial charge in [-0.05, 0) is 31.8 Å². The summed E-state index contributed by atoms with van der Waals surface area (Å²) in [6, 6.07) is 0.614. The summed E-state index contributed by atoms with van der Waals surface area (Å²) in [6.07, 6.45) is 1.17. The summed E-state index contributed by atoms with van der Waals surface area (Å²) in [6.45, 7) is 8.20. The fraction of sp³-hybridized carbons (Fsp3) is 1.00. The zero-order valence-corrected chi connectivity index (χ0v) is 9.70. The van der Waals surface area contributed by atoms with Gasteiger partial charge in [-0.1, -0.05) is 13.8 Å². The van der Waals surface area contributed by atoms with Crippen molar-refractivity contribution in [2.24, 2.45) is 17.6 Å². The number of nitrogens with zero attached hydrogens (tertiary/aromatic N) is 1. The Hall–Kier alpha value is -0.120. The fourth-order valence-corrected chi connectivity index (χ4v) is 1.95. The Balaban J connectivity index is 2.33. The van der Waals surface area contributed by atoms with Crippen molar-refractivity contribution >= 4 is 0 Å². The minimum absolute atomic E-state index is 0.612. The topological polar surface area (TPSA) is 38.5 Å². The van der Waals surface area contributed by atoms with E-state index in [0.29, 0.717) is 17.9 Å². The summed E-state index contributed by atoms with van der Waals surface area (Å²) in [5.74, 6) is 1.28. The zero-order valence-electron chi connectivity index (χ0n) is 9.70. The third kappa shape index (κ3) is 3.23. The minimum Gasteiger partial charge on any atom is -0.380 e. The molecule has 0 aromatic rings. The SMILES string of the molecule is CC(C)C(CN)CN(C)C1CCOC1. The van der Waals surface area contributed by atoms with Crippen molar-refractivity contribution in [3.05, 3.63) is 0 Å². The lowest BCUT2D eigenvalue weighted by atomic mass is 9.95. The normalized spacial score (nSPS) is 24.9. The first-order chi connectivity index (χ1) is 6.65. The van der Waals surface area contributed by atoms with Crippen molar-refractivity contribution in [3.63, 3.8) is 0 Å². The third-order valence-corrected chi connectivity index (χ3v) is 3.30. The summed E-state index contributed by atoms with van der Waals surface area (Å²) in [5, 5.41) is 0. The van der Waals surface area contributed by atoms with E-state index in [-0.39, 0.29) is 0 Å². The van der Waals surface area contributed by atoms with Gasteiger partial charge in [-0.15, -0.1) is 0 Å². The van der Waals surface area contributed by atoms with Crippen LogP contribution < -0.4 is 5.73 Å². The standard InChI is InChI=1S/C11H24N2O/c1-9(2)10(6-12)7-13(3)11-4-5-14-8-11/h9-11H,4-8,12H2,1-3H3. The third-order valence-electron chi connectivity index (χ3n) is 3.30. The van der Waals surface area contributed by atoms with Crippen LogP contribution in [0.15, 0.2) is 0 Å². The maximum atomic E-state index is 5.76. The van der Waals surface area contributed by atoms with Gasteiger partial charge >= 0.3 is 0 Å². The van der Waals surface area contributed by atoms with E-state index in [1.54, 1.807) is 0 Å². The number of rotatable bonds is 5. The molecule has 1 fully saturated rings. The van der Waals surface area contributed by atoms with Gasteiger partial charge in [0.2, 0.25) is 0 Å². The molecule has 2 unspecified atom stereocenters. The van der Waals surface area contributed by atoms with Crippen molar-refractivity contribution in [2.75, 3.05) is 33.4 Å². The largest absolute Gasteiger partial charge is 0.380 e. The highest BCUT2D eigenvalue weighted by atomic mass is 16.5. The molecule has 84 valence electrons. The smallest absolute Gasteiger partial charge is 0.0622 e. The Bertz CT molecular complexity index is 155. The highest BCUT2D eigenvalue weighted by Crippen LogP contribution is 2.16. The van der Waals surface area contributed by atoms with Crippen LogP contribution in [0.4, 0.5) is 0 Å². The van der Waals surface area contributed by atoms with E-state index in [1.165, 1.54) is 6.42 Å². The molecule has 3 heteroatoms. The Morgan fingerprint density at radius 2 is 2.21 bits per heavy atom. The van der Waals surface area contributed by atoms with E-state index in [0.717, 1.165) is 26.3 Å². The molecule has 0 bridgehead atoms. The zero-order chi connectivity index (χ0) is 10.6. The lowest BCUT2D eigenvalue weighted by Gasteiger charge is -2.29. The van der Waals surface area contributed by atoms with Gasteiger partial charge in [0.1, 0.15) is 0 Å². The first-order valence-corrected chi connectivity index (χ1v) is 5.63. The van der Waals surface area contributed by atoms with E-state index >= 15 is 0 Å². The molecule has 0 saturated carbocycles. The van der Waals surface area contributed by atoms with Crippen molar-refractivity contribution < 1.29 is 4.74 Å². The van der Waals surface area contributed by atoms with Crippen LogP contribution in [0.5, 0.6) is 0 Å². The Labute approximate surface area is 87.6 Å². The first-order valence-electron chi connectivity index (χ1n) is 5.63. The van der Waals surface area contributed by atoms with Gasteiger partial charge in [0.25, 0.3) is 0 Å². The molecule has 2 N–H and O–H groups in total. The maximum Gasteiger partial charge on any atom is 0.0622 e. The number of hydrogen-bond donors (Lipinski definition) is 1. The Morgan fingerprint density at radius 1 is 1.50 bits per heavy atom. The summed E-state index contributed by atoms with van der Waals surface area (Å²) in [5.41, 5.74) is 5.76. The van der Waals surface area contributed by atoms with E-state index in [4.69, 9.17) is 10.5 Å². The number of nitrogens with two attached hydrogens (primary N) is 1.